The van der Waals surface area contributed by atoms with Crippen LogP contribution in [0.2, 0.25) is 0 Å². The van der Waals surface area contributed by atoms with E-state index in [-0.39, 0.29) is 11.7 Å². The smallest absolute Gasteiger partial charge is 0.382 e. The molecule has 0 spiro atoms. The predicted octanol–water partition coefficient (Wildman–Crippen LogP) is 2.11. The predicted molar refractivity (Wildman–Crippen MR) is 54.7 cm³/mol. The van der Waals surface area contributed by atoms with Crippen LogP contribution in [0, 0.1) is 0 Å². The average molecular weight is 247 g/mol. The largest absolute Gasteiger partial charge is 0.455 e. The van der Waals surface area contributed by atoms with Gasteiger partial charge in [0.25, 0.3) is 5.78 Å². The van der Waals surface area contributed by atoms with Crippen molar-refractivity contribution in [3.8, 4) is 0 Å². The number of anilines is 1. The number of aryl methyl sites for hydroxylation is 1. The molecule has 0 radical (unpaired) electrons. The molecule has 1 aromatic heterocycles. The maximum absolute atomic E-state index is 12.4. The van der Waals surface area contributed by atoms with Crippen LogP contribution in [0.25, 0.3) is 0 Å². The van der Waals surface area contributed by atoms with E-state index in [1.165, 1.54) is 4.68 Å². The molecule has 1 heterocycles. The quantitative estimate of drug-likeness (QED) is 0.832. The fourth-order valence-corrected chi connectivity index (χ4v) is 1.88. The van der Waals surface area contributed by atoms with Gasteiger partial charge in [-0.25, -0.2) is 0 Å². The van der Waals surface area contributed by atoms with Crippen molar-refractivity contribution in [2.24, 2.45) is 0 Å². The Morgan fingerprint density at radius 1 is 1.53 bits per heavy atom. The summed E-state index contributed by atoms with van der Waals surface area (Å²) >= 11 is 0. The molecule has 2 rings (SSSR count). The number of alkyl halides is 3. The zero-order valence-corrected chi connectivity index (χ0v) is 9.21. The lowest BCUT2D eigenvalue weighted by atomic mass is 10.1. The van der Waals surface area contributed by atoms with Gasteiger partial charge in [0.2, 0.25) is 0 Å². The average Bonchev–Trinajstić information content (AvgIpc) is 3.00. The third-order valence-electron chi connectivity index (χ3n) is 2.77. The van der Waals surface area contributed by atoms with E-state index in [2.05, 4.69) is 5.10 Å². The van der Waals surface area contributed by atoms with Crippen LogP contribution in [0.3, 0.4) is 0 Å². The number of hydrogen-bond donors (Lipinski definition) is 1. The van der Waals surface area contributed by atoms with Crippen molar-refractivity contribution in [3.05, 3.63) is 11.3 Å². The fraction of sp³-hybridized carbons (Fsp3) is 0.600. The van der Waals surface area contributed by atoms with Crippen LogP contribution in [-0.2, 0) is 6.54 Å². The van der Waals surface area contributed by atoms with Crippen LogP contribution in [-0.4, -0.2) is 21.7 Å². The molecule has 0 amide bonds. The molecule has 0 atom stereocenters. The van der Waals surface area contributed by atoms with Crippen LogP contribution in [0.15, 0.2) is 0 Å². The molecule has 2 N–H and O–H groups in total. The SMILES string of the molecule is CCn1nc(N)c(C(=O)C(F)(F)F)c1C1CC1. The highest BCUT2D eigenvalue weighted by Crippen LogP contribution is 2.44. The van der Waals surface area contributed by atoms with Gasteiger partial charge in [0.05, 0.1) is 11.3 Å². The highest BCUT2D eigenvalue weighted by Gasteiger charge is 2.45. The molecule has 0 aromatic carbocycles. The molecule has 1 fully saturated rings. The van der Waals surface area contributed by atoms with Gasteiger partial charge in [0, 0.05) is 12.5 Å². The molecule has 1 aromatic rings. The molecule has 0 aliphatic heterocycles. The summed E-state index contributed by atoms with van der Waals surface area (Å²) in [6, 6.07) is 0. The van der Waals surface area contributed by atoms with Gasteiger partial charge in [-0.2, -0.15) is 18.3 Å². The second kappa shape index (κ2) is 3.75. The van der Waals surface area contributed by atoms with Gasteiger partial charge in [-0.3, -0.25) is 9.48 Å². The van der Waals surface area contributed by atoms with E-state index in [1.807, 2.05) is 0 Å². The van der Waals surface area contributed by atoms with Crippen molar-refractivity contribution < 1.29 is 18.0 Å². The van der Waals surface area contributed by atoms with Crippen LogP contribution >= 0.6 is 0 Å². The van der Waals surface area contributed by atoms with Crippen molar-refractivity contribution in [1.82, 2.24) is 9.78 Å². The Labute approximate surface area is 95.6 Å². The minimum atomic E-state index is -4.90. The number of nitrogens with two attached hydrogens (primary N) is 1. The number of rotatable bonds is 3. The minimum absolute atomic E-state index is 0.0129. The summed E-state index contributed by atoms with van der Waals surface area (Å²) in [7, 11) is 0. The normalized spacial score (nSPS) is 16.2. The first-order valence-corrected chi connectivity index (χ1v) is 5.34. The van der Waals surface area contributed by atoms with Gasteiger partial charge < -0.3 is 5.73 Å². The van der Waals surface area contributed by atoms with Crippen molar-refractivity contribution in [1.29, 1.82) is 0 Å². The maximum atomic E-state index is 12.4. The molecule has 4 nitrogen and oxygen atoms in total. The summed E-state index contributed by atoms with van der Waals surface area (Å²) in [5.41, 5.74) is 5.31. The molecule has 1 aliphatic carbocycles. The molecule has 0 bridgehead atoms. The third kappa shape index (κ3) is 2.01. The lowest BCUT2D eigenvalue weighted by Gasteiger charge is -2.07. The van der Waals surface area contributed by atoms with Gasteiger partial charge in [-0.05, 0) is 19.8 Å². The van der Waals surface area contributed by atoms with E-state index >= 15 is 0 Å². The van der Waals surface area contributed by atoms with Gasteiger partial charge >= 0.3 is 6.18 Å². The zero-order chi connectivity index (χ0) is 12.8. The van der Waals surface area contributed by atoms with Gasteiger partial charge in [0.15, 0.2) is 5.82 Å². The molecular weight excluding hydrogens is 235 g/mol. The lowest BCUT2D eigenvalue weighted by molar-refractivity contribution is -0.0885. The summed E-state index contributed by atoms with van der Waals surface area (Å²) < 4.78 is 38.7. The molecule has 0 saturated heterocycles. The number of carbonyl (C=O) groups is 1. The van der Waals surface area contributed by atoms with Crippen LogP contribution < -0.4 is 5.73 Å². The van der Waals surface area contributed by atoms with Crippen molar-refractivity contribution in [3.63, 3.8) is 0 Å². The number of carbonyl (C=O) groups excluding carboxylic acids is 1. The molecule has 17 heavy (non-hydrogen) atoms. The molecule has 7 heteroatoms. The molecule has 94 valence electrons. The number of nitrogens with zero attached hydrogens (tertiary/aromatic N) is 2. The Morgan fingerprint density at radius 3 is 2.53 bits per heavy atom. The number of ketones is 1. The summed E-state index contributed by atoms with van der Waals surface area (Å²) in [5, 5.41) is 3.80. The molecule has 0 unspecified atom stereocenters. The Balaban J connectivity index is 2.52. The second-order valence-electron chi connectivity index (χ2n) is 4.06. The Morgan fingerprint density at radius 2 is 2.12 bits per heavy atom. The number of Topliss-reactive ketones (excluding diaryl/α,β-unsaturated/α-hetero) is 1. The van der Waals surface area contributed by atoms with E-state index in [0.29, 0.717) is 12.2 Å². The Bertz CT molecular complexity index is 460. The molecular formula is C10H12F3N3O. The lowest BCUT2D eigenvalue weighted by Crippen LogP contribution is -2.24. The monoisotopic (exact) mass is 247 g/mol. The topological polar surface area (TPSA) is 60.9 Å². The van der Waals surface area contributed by atoms with E-state index in [9.17, 15) is 18.0 Å². The third-order valence-corrected chi connectivity index (χ3v) is 2.77. The number of hydrogen-bond acceptors (Lipinski definition) is 3. The first-order chi connectivity index (χ1) is 7.86. The van der Waals surface area contributed by atoms with Gasteiger partial charge in [-0.1, -0.05) is 0 Å². The Kier molecular flexibility index (Phi) is 2.63. The standard InChI is InChI=1S/C10H12F3N3O/c1-2-16-7(5-3-4-5)6(9(14)15-16)8(17)10(11,12)13/h5H,2-4H2,1H3,(H2,14,15). The summed E-state index contributed by atoms with van der Waals surface area (Å²) in [4.78, 5) is 11.3. The molecule has 1 saturated carbocycles. The molecule has 1 aliphatic rings. The highest BCUT2D eigenvalue weighted by atomic mass is 19.4. The van der Waals surface area contributed by atoms with Gasteiger partial charge in [-0.15, -0.1) is 0 Å². The maximum Gasteiger partial charge on any atom is 0.455 e. The highest BCUT2D eigenvalue weighted by molar-refractivity contribution is 6.05. The van der Waals surface area contributed by atoms with Crippen molar-refractivity contribution in [2.45, 2.75) is 38.4 Å². The van der Waals surface area contributed by atoms with E-state index < -0.39 is 17.5 Å². The van der Waals surface area contributed by atoms with Crippen molar-refractivity contribution in [2.75, 3.05) is 5.73 Å². The number of halogens is 3. The summed E-state index contributed by atoms with van der Waals surface area (Å²) in [6.45, 7) is 2.15. The van der Waals surface area contributed by atoms with Gasteiger partial charge in [0.1, 0.15) is 0 Å². The number of aromatic nitrogens is 2. The number of nitrogen functional groups attached to an aromatic ring is 1. The van der Waals surface area contributed by atoms with Crippen LogP contribution in [0.1, 0.15) is 41.7 Å². The fourth-order valence-electron chi connectivity index (χ4n) is 1.88. The van der Waals surface area contributed by atoms with E-state index in [1.54, 1.807) is 6.92 Å². The zero-order valence-electron chi connectivity index (χ0n) is 9.21. The van der Waals surface area contributed by atoms with Crippen LogP contribution in [0.5, 0.6) is 0 Å². The van der Waals surface area contributed by atoms with E-state index in [4.69, 9.17) is 5.73 Å². The minimum Gasteiger partial charge on any atom is -0.382 e. The second-order valence-corrected chi connectivity index (χ2v) is 4.06. The van der Waals surface area contributed by atoms with Crippen molar-refractivity contribution >= 4 is 11.6 Å². The first kappa shape index (κ1) is 11.9. The first-order valence-electron chi connectivity index (χ1n) is 5.34. The van der Waals surface area contributed by atoms with E-state index in [0.717, 1.165) is 12.8 Å². The summed E-state index contributed by atoms with van der Waals surface area (Å²) in [5.74, 6) is -2.23. The van der Waals surface area contributed by atoms with Crippen LogP contribution in [0.4, 0.5) is 19.0 Å². The Hall–Kier alpha value is -1.53. The summed E-state index contributed by atoms with van der Waals surface area (Å²) in [6.07, 6.45) is -3.34.